The maximum absolute atomic E-state index is 2.42. The van der Waals surface area contributed by atoms with Gasteiger partial charge in [-0.3, -0.25) is 0 Å². The van der Waals surface area contributed by atoms with Crippen LogP contribution in [-0.4, -0.2) is 4.57 Å². The van der Waals surface area contributed by atoms with Crippen molar-refractivity contribution in [1.29, 1.82) is 0 Å². The van der Waals surface area contributed by atoms with Crippen LogP contribution in [0.2, 0.25) is 0 Å². The third-order valence-electron chi connectivity index (χ3n) is 13.4. The molecule has 1 aliphatic rings. The van der Waals surface area contributed by atoms with Crippen molar-refractivity contribution >= 4 is 49.6 Å². The van der Waals surface area contributed by atoms with Gasteiger partial charge < -0.3 is 9.47 Å². The highest BCUT2D eigenvalue weighted by Crippen LogP contribution is 2.51. The number of fused-ring (bicyclic) bond motifs is 7. The van der Waals surface area contributed by atoms with Gasteiger partial charge in [0.05, 0.1) is 11.0 Å². The van der Waals surface area contributed by atoms with E-state index in [1.807, 2.05) is 0 Å². The van der Waals surface area contributed by atoms with Crippen molar-refractivity contribution in [2.75, 3.05) is 4.90 Å². The van der Waals surface area contributed by atoms with Crippen LogP contribution in [0.3, 0.4) is 0 Å². The van der Waals surface area contributed by atoms with Gasteiger partial charge in [0.2, 0.25) is 0 Å². The first-order valence-corrected chi connectivity index (χ1v) is 21.9. The molecule has 0 atom stereocenters. The van der Waals surface area contributed by atoms with Gasteiger partial charge in [-0.15, -0.1) is 0 Å². The number of hydrogen-bond acceptors (Lipinski definition) is 1. The third-order valence-corrected chi connectivity index (χ3v) is 13.4. The van der Waals surface area contributed by atoms with E-state index in [4.69, 9.17) is 0 Å². The first-order chi connectivity index (χ1) is 31.0. The molecule has 0 fully saturated rings. The summed E-state index contributed by atoms with van der Waals surface area (Å²) in [6.45, 7) is 4.71. The maximum Gasteiger partial charge on any atom is 0.0541 e. The number of hydrogen-bond donors (Lipinski definition) is 0. The lowest BCUT2D eigenvalue weighted by Gasteiger charge is -2.28. The molecule has 63 heavy (non-hydrogen) atoms. The van der Waals surface area contributed by atoms with E-state index in [-0.39, 0.29) is 5.41 Å². The van der Waals surface area contributed by atoms with Crippen LogP contribution in [0.25, 0.3) is 82.8 Å². The summed E-state index contributed by atoms with van der Waals surface area (Å²) >= 11 is 0. The number of para-hydroxylation sites is 2. The van der Waals surface area contributed by atoms with Gasteiger partial charge in [0.1, 0.15) is 0 Å². The second kappa shape index (κ2) is 14.6. The van der Waals surface area contributed by atoms with Crippen LogP contribution in [0.15, 0.2) is 231 Å². The highest BCUT2D eigenvalue weighted by atomic mass is 15.1. The molecule has 1 aliphatic carbocycles. The van der Waals surface area contributed by atoms with Crippen LogP contribution in [0.5, 0.6) is 0 Å². The molecule has 2 nitrogen and oxygen atoms in total. The zero-order valence-electron chi connectivity index (χ0n) is 35.3. The molecule has 298 valence electrons. The first kappa shape index (κ1) is 36.9. The van der Waals surface area contributed by atoms with Gasteiger partial charge in [-0.2, -0.15) is 0 Å². The maximum atomic E-state index is 2.42. The highest BCUT2D eigenvalue weighted by Gasteiger charge is 2.35. The first-order valence-electron chi connectivity index (χ1n) is 21.9. The summed E-state index contributed by atoms with van der Waals surface area (Å²) in [5.74, 6) is 0. The van der Waals surface area contributed by atoms with Gasteiger partial charge in [-0.25, -0.2) is 0 Å². The predicted molar refractivity (Wildman–Crippen MR) is 267 cm³/mol. The van der Waals surface area contributed by atoms with Crippen LogP contribution in [0, 0.1) is 0 Å². The number of benzene rings is 10. The van der Waals surface area contributed by atoms with E-state index in [0.717, 1.165) is 17.1 Å². The molecule has 1 aromatic heterocycles. The molecule has 10 aromatic carbocycles. The van der Waals surface area contributed by atoms with Crippen molar-refractivity contribution in [3.8, 4) is 50.2 Å². The van der Waals surface area contributed by atoms with Crippen LogP contribution < -0.4 is 4.90 Å². The fourth-order valence-corrected chi connectivity index (χ4v) is 10.1. The molecule has 2 heteroatoms. The minimum absolute atomic E-state index is 0.111. The minimum Gasteiger partial charge on any atom is -0.310 e. The summed E-state index contributed by atoms with van der Waals surface area (Å²) in [5, 5.41) is 5.02. The lowest BCUT2D eigenvalue weighted by atomic mass is 9.82. The molecule has 0 saturated heterocycles. The van der Waals surface area contributed by atoms with Crippen molar-refractivity contribution in [2.45, 2.75) is 19.3 Å². The second-order valence-corrected chi connectivity index (χ2v) is 17.4. The zero-order chi connectivity index (χ0) is 42.1. The molecule has 0 amide bonds. The van der Waals surface area contributed by atoms with Gasteiger partial charge in [0.25, 0.3) is 0 Å². The normalized spacial score (nSPS) is 12.7. The molecule has 1 heterocycles. The van der Waals surface area contributed by atoms with Gasteiger partial charge in [-0.05, 0) is 145 Å². The SMILES string of the molecule is CC1(C)c2ccccc2-c2ccc(N(c3ccc(-c4cccc(-c5ccc6ccccc6c5)c4)cc3)c3ccc(-c4ccc5c(c4)c4ccccc4n5-c4ccccc4)cc3)cc21. The number of aromatic nitrogens is 1. The number of anilines is 3. The monoisotopic (exact) mass is 804 g/mol. The van der Waals surface area contributed by atoms with Crippen molar-refractivity contribution in [3.63, 3.8) is 0 Å². The second-order valence-electron chi connectivity index (χ2n) is 17.4. The molecule has 0 bridgehead atoms. The van der Waals surface area contributed by atoms with Crippen molar-refractivity contribution in [2.24, 2.45) is 0 Å². The van der Waals surface area contributed by atoms with Crippen LogP contribution >= 0.6 is 0 Å². The molecular weight excluding hydrogens is 761 g/mol. The van der Waals surface area contributed by atoms with E-state index in [0.29, 0.717) is 0 Å². The van der Waals surface area contributed by atoms with Crippen LogP contribution in [0.1, 0.15) is 25.0 Å². The van der Waals surface area contributed by atoms with E-state index in [9.17, 15) is 0 Å². The van der Waals surface area contributed by atoms with Gasteiger partial charge in [0.15, 0.2) is 0 Å². The van der Waals surface area contributed by atoms with E-state index in [1.54, 1.807) is 0 Å². The molecule has 0 N–H and O–H groups in total. The number of rotatable bonds is 7. The molecule has 0 unspecified atom stereocenters. The molecule has 0 saturated carbocycles. The highest BCUT2D eigenvalue weighted by molar-refractivity contribution is 6.10. The molecule has 0 radical (unpaired) electrons. The number of nitrogens with zero attached hydrogens (tertiary/aromatic N) is 2. The van der Waals surface area contributed by atoms with E-state index >= 15 is 0 Å². The smallest absolute Gasteiger partial charge is 0.0541 e. The van der Waals surface area contributed by atoms with Crippen molar-refractivity contribution in [3.05, 3.63) is 242 Å². The summed E-state index contributed by atoms with van der Waals surface area (Å²) in [5.41, 5.74) is 19.4. The Morgan fingerprint density at radius 1 is 0.333 bits per heavy atom. The molecule has 11 aromatic rings. The summed E-state index contributed by atoms with van der Waals surface area (Å²) in [6, 6.07) is 84.6. The van der Waals surface area contributed by atoms with E-state index < -0.39 is 0 Å². The summed E-state index contributed by atoms with van der Waals surface area (Å²) in [4.78, 5) is 2.41. The lowest BCUT2D eigenvalue weighted by molar-refractivity contribution is 0.660. The average Bonchev–Trinajstić information content (AvgIpc) is 3.80. The largest absolute Gasteiger partial charge is 0.310 e. The standard InChI is InChI=1S/C61H44N2/c1-61(2)57-21-10-8-19-53(57)54-35-34-52(40-58(54)61)62(50-30-25-42(26-31-50)45-15-12-16-46(37-45)47-24-23-41-13-6-7-14-44(41)38-47)51-32-27-43(28-33-51)48-29-36-60-56(39-48)55-20-9-11-22-59(55)63(60)49-17-4-3-5-18-49/h3-40H,1-2H3. The Labute approximate surface area is 368 Å². The van der Waals surface area contributed by atoms with Gasteiger partial charge >= 0.3 is 0 Å². The van der Waals surface area contributed by atoms with Gasteiger partial charge in [-0.1, -0.05) is 166 Å². The lowest BCUT2D eigenvalue weighted by Crippen LogP contribution is -2.16. The third kappa shape index (κ3) is 6.17. The average molecular weight is 805 g/mol. The Morgan fingerprint density at radius 2 is 0.889 bits per heavy atom. The summed E-state index contributed by atoms with van der Waals surface area (Å²) in [6.07, 6.45) is 0. The van der Waals surface area contributed by atoms with Gasteiger partial charge in [0, 0.05) is 38.9 Å². The minimum atomic E-state index is -0.111. The van der Waals surface area contributed by atoms with Crippen molar-refractivity contribution in [1.82, 2.24) is 4.57 Å². The summed E-state index contributed by atoms with van der Waals surface area (Å²) < 4.78 is 2.37. The van der Waals surface area contributed by atoms with E-state index in [2.05, 4.69) is 254 Å². The molecule has 0 aliphatic heterocycles. The van der Waals surface area contributed by atoms with Crippen molar-refractivity contribution < 1.29 is 0 Å². The topological polar surface area (TPSA) is 8.17 Å². The molecule has 12 rings (SSSR count). The Kier molecular flexibility index (Phi) is 8.55. The fraction of sp³-hybridized carbons (Fsp3) is 0.0492. The Bertz CT molecular complexity index is 3520. The van der Waals surface area contributed by atoms with Crippen LogP contribution in [0.4, 0.5) is 17.1 Å². The predicted octanol–water partition coefficient (Wildman–Crippen LogP) is 16.7. The van der Waals surface area contributed by atoms with Crippen LogP contribution in [-0.2, 0) is 5.41 Å². The summed E-state index contributed by atoms with van der Waals surface area (Å²) in [7, 11) is 0. The molecule has 0 spiro atoms. The quantitative estimate of drug-likeness (QED) is 0.156. The molecular formula is C61H44N2. The Hall–Kier alpha value is -7.94. The fourth-order valence-electron chi connectivity index (χ4n) is 10.1. The zero-order valence-corrected chi connectivity index (χ0v) is 35.3. The Morgan fingerprint density at radius 3 is 1.67 bits per heavy atom. The van der Waals surface area contributed by atoms with E-state index in [1.165, 1.54) is 93.9 Å². The Balaban J connectivity index is 0.930.